The molecule has 0 spiro atoms. The van der Waals surface area contributed by atoms with Crippen LogP contribution >= 0.6 is 0 Å². The van der Waals surface area contributed by atoms with Crippen LogP contribution in [0.25, 0.3) is 0 Å². The van der Waals surface area contributed by atoms with Crippen molar-refractivity contribution >= 4 is 6.09 Å². The Bertz CT molecular complexity index is 478. The molecule has 0 aliphatic carbocycles. The molecule has 1 amide bonds. The normalized spacial score (nSPS) is 20.4. The number of carbonyl (C=O) groups excluding carboxylic acids is 1. The predicted molar refractivity (Wildman–Crippen MR) is 75.0 cm³/mol. The molecule has 112 valence electrons. The number of ether oxygens (including phenoxy) is 1. The van der Waals surface area contributed by atoms with Crippen LogP contribution in [-0.2, 0) is 17.8 Å². The first-order chi connectivity index (χ1) is 9.31. The van der Waals surface area contributed by atoms with Gasteiger partial charge in [-0.15, -0.1) is 5.10 Å². The second-order valence-electron chi connectivity index (χ2n) is 6.47. The minimum atomic E-state index is -0.479. The molecule has 0 bridgehead atoms. The number of fused-ring (bicyclic) bond motifs is 1. The number of rotatable bonds is 2. The Morgan fingerprint density at radius 2 is 2.25 bits per heavy atom. The van der Waals surface area contributed by atoms with Crippen molar-refractivity contribution in [2.75, 3.05) is 0 Å². The zero-order chi connectivity index (χ0) is 14.9. The molecule has 1 aromatic rings. The van der Waals surface area contributed by atoms with E-state index in [-0.39, 0.29) is 12.1 Å². The second-order valence-corrected chi connectivity index (χ2v) is 6.47. The molecule has 0 saturated heterocycles. The van der Waals surface area contributed by atoms with Crippen molar-refractivity contribution in [3.8, 4) is 0 Å². The van der Waals surface area contributed by atoms with Gasteiger partial charge in [-0.3, -0.25) is 4.90 Å². The molecule has 6 nitrogen and oxygen atoms in total. The van der Waals surface area contributed by atoms with E-state index < -0.39 is 5.60 Å². The lowest BCUT2D eigenvalue weighted by Crippen LogP contribution is -2.51. The molecule has 6 heteroatoms. The average Bonchev–Trinajstić information content (AvgIpc) is 2.81. The van der Waals surface area contributed by atoms with Crippen LogP contribution in [0.1, 0.15) is 46.7 Å². The van der Waals surface area contributed by atoms with Crippen LogP contribution in [0.15, 0.2) is 6.20 Å². The van der Waals surface area contributed by atoms with Crippen molar-refractivity contribution < 1.29 is 9.53 Å². The maximum atomic E-state index is 12.4. The van der Waals surface area contributed by atoms with Gasteiger partial charge in [0.1, 0.15) is 5.60 Å². The van der Waals surface area contributed by atoms with Gasteiger partial charge in [-0.2, -0.15) is 0 Å². The summed E-state index contributed by atoms with van der Waals surface area (Å²) in [5.74, 6) is 0.389. The number of nitrogens with zero attached hydrogens (tertiary/aromatic N) is 4. The van der Waals surface area contributed by atoms with Crippen LogP contribution in [0.4, 0.5) is 4.79 Å². The first-order valence-corrected chi connectivity index (χ1v) is 7.18. The number of carbonyl (C=O) groups is 1. The number of hydrogen-bond acceptors (Lipinski definition) is 4. The monoisotopic (exact) mass is 280 g/mol. The molecule has 0 saturated carbocycles. The lowest BCUT2D eigenvalue weighted by molar-refractivity contribution is -0.00147. The standard InChI is InChI=1S/C14H24N4O2/c1-6-10(2)12-9-18-11(7-15-16-18)8-17(12)13(19)20-14(3,4)5/h7,10,12H,6,8-9H2,1-5H3/t10-,12+/m0/s1. The van der Waals surface area contributed by atoms with Gasteiger partial charge in [-0.1, -0.05) is 25.5 Å². The maximum Gasteiger partial charge on any atom is 0.410 e. The molecule has 0 radical (unpaired) electrons. The molecule has 0 N–H and O–H groups in total. The van der Waals surface area contributed by atoms with E-state index in [1.165, 1.54) is 0 Å². The first-order valence-electron chi connectivity index (χ1n) is 7.18. The van der Waals surface area contributed by atoms with Gasteiger partial charge in [-0.25, -0.2) is 9.48 Å². The Kier molecular flexibility index (Phi) is 4.01. The summed E-state index contributed by atoms with van der Waals surface area (Å²) in [6.45, 7) is 11.1. The minimum Gasteiger partial charge on any atom is -0.444 e. The number of hydrogen-bond donors (Lipinski definition) is 0. The minimum absolute atomic E-state index is 0.101. The Morgan fingerprint density at radius 3 is 2.85 bits per heavy atom. The molecule has 20 heavy (non-hydrogen) atoms. The summed E-state index contributed by atoms with van der Waals surface area (Å²) in [7, 11) is 0. The van der Waals surface area contributed by atoms with Crippen molar-refractivity contribution in [2.45, 2.75) is 65.8 Å². The predicted octanol–water partition coefficient (Wildman–Crippen LogP) is 2.44. The summed E-state index contributed by atoms with van der Waals surface area (Å²) in [6, 6.07) is 0.101. The Hall–Kier alpha value is -1.59. The van der Waals surface area contributed by atoms with Gasteiger partial charge in [0.2, 0.25) is 0 Å². The van der Waals surface area contributed by atoms with Gasteiger partial charge in [-0.05, 0) is 26.7 Å². The zero-order valence-corrected chi connectivity index (χ0v) is 13.0. The quantitative estimate of drug-likeness (QED) is 0.835. The fourth-order valence-electron chi connectivity index (χ4n) is 2.40. The Balaban J connectivity index is 2.21. The topological polar surface area (TPSA) is 60.2 Å². The van der Waals surface area contributed by atoms with E-state index in [4.69, 9.17) is 4.74 Å². The fraction of sp³-hybridized carbons (Fsp3) is 0.786. The van der Waals surface area contributed by atoms with E-state index in [0.29, 0.717) is 19.0 Å². The van der Waals surface area contributed by atoms with Crippen molar-refractivity contribution in [3.63, 3.8) is 0 Å². The molecular weight excluding hydrogens is 256 g/mol. The lowest BCUT2D eigenvalue weighted by Gasteiger charge is -2.39. The van der Waals surface area contributed by atoms with Gasteiger partial charge < -0.3 is 4.74 Å². The van der Waals surface area contributed by atoms with Gasteiger partial charge in [0, 0.05) is 0 Å². The SMILES string of the molecule is CC[C@H](C)[C@H]1Cn2nncc2CN1C(=O)OC(C)(C)C. The van der Waals surface area contributed by atoms with Crippen molar-refractivity contribution in [1.82, 2.24) is 19.9 Å². The smallest absolute Gasteiger partial charge is 0.410 e. The van der Waals surface area contributed by atoms with Crippen molar-refractivity contribution in [1.29, 1.82) is 0 Å². The highest BCUT2D eigenvalue weighted by Crippen LogP contribution is 2.25. The average molecular weight is 280 g/mol. The van der Waals surface area contributed by atoms with E-state index in [9.17, 15) is 4.79 Å². The van der Waals surface area contributed by atoms with Gasteiger partial charge in [0.25, 0.3) is 0 Å². The summed E-state index contributed by atoms with van der Waals surface area (Å²) >= 11 is 0. The van der Waals surface area contributed by atoms with Crippen LogP contribution < -0.4 is 0 Å². The summed E-state index contributed by atoms with van der Waals surface area (Å²) in [5.41, 5.74) is 0.475. The molecule has 1 aliphatic rings. The summed E-state index contributed by atoms with van der Waals surface area (Å²) in [6.07, 6.45) is 2.47. The first kappa shape index (κ1) is 14.8. The van der Waals surface area contributed by atoms with Gasteiger partial charge >= 0.3 is 6.09 Å². The van der Waals surface area contributed by atoms with E-state index in [1.807, 2.05) is 30.4 Å². The van der Waals surface area contributed by atoms with E-state index in [0.717, 1.165) is 12.1 Å². The van der Waals surface area contributed by atoms with Gasteiger partial charge in [0.15, 0.2) is 0 Å². The summed E-state index contributed by atoms with van der Waals surface area (Å²) < 4.78 is 7.42. The Morgan fingerprint density at radius 1 is 1.55 bits per heavy atom. The third-order valence-corrected chi connectivity index (χ3v) is 3.72. The third kappa shape index (κ3) is 3.11. The van der Waals surface area contributed by atoms with E-state index >= 15 is 0 Å². The molecule has 1 aliphatic heterocycles. The van der Waals surface area contributed by atoms with E-state index in [1.54, 1.807) is 6.20 Å². The molecular formula is C14H24N4O2. The largest absolute Gasteiger partial charge is 0.444 e. The van der Waals surface area contributed by atoms with Crippen LogP contribution in [-0.4, -0.2) is 37.6 Å². The maximum absolute atomic E-state index is 12.4. The van der Waals surface area contributed by atoms with Crippen LogP contribution in [0.2, 0.25) is 0 Å². The molecule has 0 aromatic carbocycles. The highest BCUT2D eigenvalue weighted by molar-refractivity contribution is 5.68. The second kappa shape index (κ2) is 5.42. The fourth-order valence-corrected chi connectivity index (χ4v) is 2.40. The highest BCUT2D eigenvalue weighted by Gasteiger charge is 2.35. The zero-order valence-electron chi connectivity index (χ0n) is 13.0. The molecule has 0 unspecified atom stereocenters. The van der Waals surface area contributed by atoms with Crippen LogP contribution in [0.5, 0.6) is 0 Å². The summed E-state index contributed by atoms with van der Waals surface area (Å²) in [5, 5.41) is 8.01. The Labute approximate surface area is 120 Å². The van der Waals surface area contributed by atoms with Crippen LogP contribution in [0, 0.1) is 5.92 Å². The van der Waals surface area contributed by atoms with Gasteiger partial charge in [0.05, 0.1) is 31.0 Å². The van der Waals surface area contributed by atoms with Crippen molar-refractivity contribution in [2.24, 2.45) is 5.92 Å². The molecule has 2 atom stereocenters. The lowest BCUT2D eigenvalue weighted by atomic mass is 9.96. The molecule has 1 aromatic heterocycles. The molecule has 2 heterocycles. The van der Waals surface area contributed by atoms with E-state index in [2.05, 4.69) is 24.2 Å². The number of aromatic nitrogens is 3. The number of amides is 1. The highest BCUT2D eigenvalue weighted by atomic mass is 16.6. The third-order valence-electron chi connectivity index (χ3n) is 3.72. The van der Waals surface area contributed by atoms with Crippen molar-refractivity contribution in [3.05, 3.63) is 11.9 Å². The molecule has 0 fully saturated rings. The summed E-state index contributed by atoms with van der Waals surface area (Å²) in [4.78, 5) is 14.2. The molecule has 2 rings (SSSR count). The van der Waals surface area contributed by atoms with Crippen LogP contribution in [0.3, 0.4) is 0 Å².